The molecule has 2 heterocycles. The minimum absolute atomic E-state index is 0.0978. The molecule has 4 nitrogen and oxygen atoms in total. The molecule has 1 N–H and O–H groups in total. The van der Waals surface area contributed by atoms with Gasteiger partial charge in [0.25, 0.3) is 0 Å². The van der Waals surface area contributed by atoms with Crippen LogP contribution in [0.3, 0.4) is 0 Å². The fourth-order valence-corrected chi connectivity index (χ4v) is 3.12. The van der Waals surface area contributed by atoms with E-state index in [0.29, 0.717) is 6.04 Å². The van der Waals surface area contributed by atoms with E-state index in [1.54, 1.807) is 0 Å². The predicted octanol–water partition coefficient (Wildman–Crippen LogP) is 0.376. The number of nitrogens with one attached hydrogen (secondary N) is 1. The number of esters is 1. The molecule has 86 valence electrons. The van der Waals surface area contributed by atoms with Crippen LogP contribution < -0.4 is 5.32 Å². The fraction of sp³-hybridized carbons (Fsp3) is 0.909. The van der Waals surface area contributed by atoms with Gasteiger partial charge >= 0.3 is 5.97 Å². The van der Waals surface area contributed by atoms with Gasteiger partial charge in [-0.05, 0) is 32.9 Å². The molecule has 2 fully saturated rings. The standard InChI is InChI=1S/C11H20N2O2/c1-12-11(10(14)15-2)6-8-13-7-4-3-5-9(11)13/h9,12H,3-8H2,1-2H3. The fourth-order valence-electron chi connectivity index (χ4n) is 3.12. The summed E-state index contributed by atoms with van der Waals surface area (Å²) in [4.78, 5) is 14.3. The minimum atomic E-state index is -0.449. The highest BCUT2D eigenvalue weighted by atomic mass is 16.5. The Bertz CT molecular complexity index is 257. The molecule has 0 bridgehead atoms. The first-order valence-corrected chi connectivity index (χ1v) is 5.76. The van der Waals surface area contributed by atoms with Crippen LogP contribution in [-0.4, -0.2) is 49.7 Å². The highest BCUT2D eigenvalue weighted by Gasteiger charge is 2.52. The van der Waals surface area contributed by atoms with E-state index in [1.165, 1.54) is 20.0 Å². The van der Waals surface area contributed by atoms with E-state index < -0.39 is 5.54 Å². The van der Waals surface area contributed by atoms with E-state index in [2.05, 4.69) is 10.2 Å². The van der Waals surface area contributed by atoms with Gasteiger partial charge in [-0.25, -0.2) is 4.79 Å². The molecule has 15 heavy (non-hydrogen) atoms. The van der Waals surface area contributed by atoms with Gasteiger partial charge in [-0.3, -0.25) is 4.90 Å². The van der Waals surface area contributed by atoms with E-state index in [4.69, 9.17) is 4.74 Å². The summed E-state index contributed by atoms with van der Waals surface area (Å²) in [5, 5.41) is 3.21. The molecule has 0 spiro atoms. The zero-order valence-electron chi connectivity index (χ0n) is 9.58. The molecule has 0 aromatic rings. The average Bonchev–Trinajstić information content (AvgIpc) is 2.68. The van der Waals surface area contributed by atoms with Crippen LogP contribution >= 0.6 is 0 Å². The van der Waals surface area contributed by atoms with E-state index in [9.17, 15) is 4.79 Å². The van der Waals surface area contributed by atoms with Gasteiger partial charge in [0.05, 0.1) is 7.11 Å². The monoisotopic (exact) mass is 212 g/mol. The molecule has 2 aliphatic rings. The molecule has 0 amide bonds. The SMILES string of the molecule is CNC1(C(=O)OC)CCN2CCCCC21. The molecular weight excluding hydrogens is 192 g/mol. The Morgan fingerprint density at radius 1 is 1.47 bits per heavy atom. The number of likely N-dealkylation sites (N-methyl/N-ethyl adjacent to an activating group) is 1. The maximum atomic E-state index is 11.9. The Morgan fingerprint density at radius 2 is 2.27 bits per heavy atom. The lowest BCUT2D eigenvalue weighted by Crippen LogP contribution is -2.60. The van der Waals surface area contributed by atoms with E-state index in [-0.39, 0.29) is 5.97 Å². The quantitative estimate of drug-likeness (QED) is 0.672. The molecule has 4 heteroatoms. The van der Waals surface area contributed by atoms with Gasteiger partial charge < -0.3 is 10.1 Å². The zero-order valence-corrected chi connectivity index (χ0v) is 9.58. The van der Waals surface area contributed by atoms with Crippen molar-refractivity contribution in [3.8, 4) is 0 Å². The number of carbonyl (C=O) groups excluding carboxylic acids is 1. The number of hydrogen-bond donors (Lipinski definition) is 1. The smallest absolute Gasteiger partial charge is 0.327 e. The number of hydrogen-bond acceptors (Lipinski definition) is 4. The van der Waals surface area contributed by atoms with Crippen molar-refractivity contribution in [2.45, 2.75) is 37.3 Å². The van der Waals surface area contributed by atoms with Crippen molar-refractivity contribution in [1.29, 1.82) is 0 Å². The second-order valence-corrected chi connectivity index (χ2v) is 4.51. The second-order valence-electron chi connectivity index (χ2n) is 4.51. The Balaban J connectivity index is 2.22. The molecule has 2 atom stereocenters. The van der Waals surface area contributed by atoms with Crippen LogP contribution in [0.15, 0.2) is 0 Å². The lowest BCUT2D eigenvalue weighted by atomic mass is 9.85. The van der Waals surface area contributed by atoms with Crippen molar-refractivity contribution >= 4 is 5.97 Å². The van der Waals surface area contributed by atoms with Crippen LogP contribution in [0.5, 0.6) is 0 Å². The van der Waals surface area contributed by atoms with Crippen molar-refractivity contribution in [3.05, 3.63) is 0 Å². The highest BCUT2D eigenvalue weighted by molar-refractivity contribution is 5.82. The molecule has 0 saturated carbocycles. The topological polar surface area (TPSA) is 41.6 Å². The highest BCUT2D eigenvalue weighted by Crippen LogP contribution is 2.35. The van der Waals surface area contributed by atoms with Gasteiger partial charge in [-0.2, -0.15) is 0 Å². The lowest BCUT2D eigenvalue weighted by Gasteiger charge is -2.38. The van der Waals surface area contributed by atoms with Gasteiger partial charge in [0.2, 0.25) is 0 Å². The maximum Gasteiger partial charge on any atom is 0.327 e. The summed E-state index contributed by atoms with van der Waals surface area (Å²) in [6, 6.07) is 0.337. The maximum absolute atomic E-state index is 11.9. The summed E-state index contributed by atoms with van der Waals surface area (Å²) in [5.74, 6) is -0.0978. The molecule has 2 unspecified atom stereocenters. The van der Waals surface area contributed by atoms with E-state index in [1.807, 2.05) is 7.05 Å². The summed E-state index contributed by atoms with van der Waals surface area (Å²) in [6.07, 6.45) is 4.47. The number of ether oxygens (including phenoxy) is 1. The van der Waals surface area contributed by atoms with Crippen molar-refractivity contribution in [1.82, 2.24) is 10.2 Å². The number of carbonyl (C=O) groups is 1. The molecular formula is C11H20N2O2. The second kappa shape index (κ2) is 4.10. The third-order valence-electron chi connectivity index (χ3n) is 3.97. The molecule has 2 rings (SSSR count). The Hall–Kier alpha value is -0.610. The average molecular weight is 212 g/mol. The summed E-state index contributed by atoms with van der Waals surface area (Å²) in [5.41, 5.74) is -0.449. The third-order valence-corrected chi connectivity index (χ3v) is 3.97. The summed E-state index contributed by atoms with van der Waals surface area (Å²) >= 11 is 0. The number of methoxy groups -OCH3 is 1. The van der Waals surface area contributed by atoms with E-state index in [0.717, 1.165) is 25.9 Å². The normalized spacial score (nSPS) is 36.3. The van der Waals surface area contributed by atoms with Gasteiger partial charge in [-0.1, -0.05) is 6.42 Å². The van der Waals surface area contributed by atoms with E-state index >= 15 is 0 Å². The minimum Gasteiger partial charge on any atom is -0.468 e. The first-order chi connectivity index (χ1) is 7.24. The molecule has 0 aromatic carbocycles. The first-order valence-electron chi connectivity index (χ1n) is 5.76. The van der Waals surface area contributed by atoms with Gasteiger partial charge in [0, 0.05) is 12.6 Å². The van der Waals surface area contributed by atoms with Crippen molar-refractivity contribution in [3.63, 3.8) is 0 Å². The zero-order chi connectivity index (χ0) is 10.9. The van der Waals surface area contributed by atoms with Crippen LogP contribution in [0.25, 0.3) is 0 Å². The van der Waals surface area contributed by atoms with Crippen LogP contribution in [0.2, 0.25) is 0 Å². The molecule has 2 saturated heterocycles. The lowest BCUT2D eigenvalue weighted by molar-refractivity contribution is -0.150. The summed E-state index contributed by atoms with van der Waals surface area (Å²) in [7, 11) is 3.35. The first kappa shape index (κ1) is 10.9. The molecule has 0 radical (unpaired) electrons. The Kier molecular flexibility index (Phi) is 2.98. The summed E-state index contributed by atoms with van der Waals surface area (Å²) in [6.45, 7) is 2.14. The number of fused-ring (bicyclic) bond motifs is 1. The van der Waals surface area contributed by atoms with Crippen molar-refractivity contribution < 1.29 is 9.53 Å². The predicted molar refractivity (Wildman–Crippen MR) is 57.6 cm³/mol. The van der Waals surface area contributed by atoms with Gasteiger partial charge in [0.15, 0.2) is 0 Å². The third kappa shape index (κ3) is 1.56. The van der Waals surface area contributed by atoms with Crippen molar-refractivity contribution in [2.75, 3.05) is 27.2 Å². The van der Waals surface area contributed by atoms with Crippen LogP contribution in [-0.2, 0) is 9.53 Å². The molecule has 0 aromatic heterocycles. The molecule has 0 aliphatic carbocycles. The Morgan fingerprint density at radius 3 is 2.93 bits per heavy atom. The largest absolute Gasteiger partial charge is 0.468 e. The van der Waals surface area contributed by atoms with Crippen LogP contribution in [0.1, 0.15) is 25.7 Å². The number of nitrogens with zero attached hydrogens (tertiary/aromatic N) is 1. The van der Waals surface area contributed by atoms with Crippen LogP contribution in [0, 0.1) is 0 Å². The molecule has 2 aliphatic heterocycles. The summed E-state index contributed by atoms with van der Waals surface area (Å²) < 4.78 is 4.95. The number of rotatable bonds is 2. The van der Waals surface area contributed by atoms with Crippen LogP contribution in [0.4, 0.5) is 0 Å². The number of piperidine rings is 1. The van der Waals surface area contributed by atoms with Gasteiger partial charge in [-0.15, -0.1) is 0 Å². The van der Waals surface area contributed by atoms with Crippen molar-refractivity contribution in [2.24, 2.45) is 0 Å². The Labute approximate surface area is 91.0 Å². The van der Waals surface area contributed by atoms with Gasteiger partial charge in [0.1, 0.15) is 5.54 Å².